The van der Waals surface area contributed by atoms with Crippen molar-refractivity contribution in [1.29, 1.82) is 0 Å². The van der Waals surface area contributed by atoms with Crippen LogP contribution < -0.4 is 5.32 Å². The summed E-state index contributed by atoms with van der Waals surface area (Å²) in [5.41, 5.74) is 7.38. The van der Waals surface area contributed by atoms with Gasteiger partial charge in [0.05, 0.1) is 5.54 Å². The van der Waals surface area contributed by atoms with Crippen molar-refractivity contribution in [3.05, 3.63) is 71.2 Å². The fourth-order valence-electron chi connectivity index (χ4n) is 3.89. The van der Waals surface area contributed by atoms with Crippen molar-refractivity contribution in [2.75, 3.05) is 0 Å². The Bertz CT molecular complexity index is 1210. The van der Waals surface area contributed by atoms with Gasteiger partial charge >= 0.3 is 0 Å². The zero-order chi connectivity index (χ0) is 20.8. The topological polar surface area (TPSA) is 70.1 Å². The van der Waals surface area contributed by atoms with E-state index in [1.54, 1.807) is 6.20 Å². The first-order valence-electron chi connectivity index (χ1n) is 9.60. The lowest BCUT2D eigenvalue weighted by molar-refractivity contribution is 0.0940. The number of aliphatic imine (C=N–C) groups is 1. The third kappa shape index (κ3) is 3.09. The van der Waals surface area contributed by atoms with E-state index in [2.05, 4.69) is 39.1 Å². The molecule has 4 rings (SSSR count). The first-order chi connectivity index (χ1) is 13.9. The molecule has 3 heterocycles. The number of hydrogen-bond donors (Lipinski definition) is 2. The highest BCUT2D eigenvalue weighted by atomic mass is 16.2. The molecule has 2 aromatic heterocycles. The summed E-state index contributed by atoms with van der Waals surface area (Å²) in [5.74, 6) is -0.0204. The van der Waals surface area contributed by atoms with Crippen LogP contribution in [0, 0.1) is 0 Å². The van der Waals surface area contributed by atoms with Gasteiger partial charge in [0.15, 0.2) is 0 Å². The first-order valence-corrected chi connectivity index (χ1v) is 9.60. The zero-order valence-electron chi connectivity index (χ0n) is 17.1. The molecule has 0 saturated carbocycles. The molecule has 146 valence electrons. The summed E-state index contributed by atoms with van der Waals surface area (Å²) in [5, 5.41) is 4.06. The van der Waals surface area contributed by atoms with E-state index in [-0.39, 0.29) is 11.4 Å². The van der Waals surface area contributed by atoms with Gasteiger partial charge in [-0.05, 0) is 69.3 Å². The third-order valence-corrected chi connectivity index (χ3v) is 5.59. The third-order valence-electron chi connectivity index (χ3n) is 5.59. The average molecular weight is 384 g/mol. The number of amides is 1. The van der Waals surface area contributed by atoms with E-state index in [4.69, 9.17) is 0 Å². The molecule has 1 aliphatic heterocycles. The lowest BCUT2D eigenvalue weighted by Crippen LogP contribution is -2.32. The molecule has 0 bridgehead atoms. The number of H-pyrrole nitrogens is 1. The number of carbonyl (C=O) groups excluding carboxylic acids is 1. The first kappa shape index (κ1) is 18.9. The maximum atomic E-state index is 12.2. The molecular weight excluding hydrogens is 360 g/mol. The number of carbonyl (C=O) groups is 1. The fourth-order valence-corrected chi connectivity index (χ4v) is 3.89. The van der Waals surface area contributed by atoms with Crippen molar-refractivity contribution >= 4 is 29.2 Å². The van der Waals surface area contributed by atoms with Crippen LogP contribution in [0.15, 0.2) is 59.5 Å². The maximum absolute atomic E-state index is 12.2. The molecule has 0 fully saturated rings. The van der Waals surface area contributed by atoms with Crippen LogP contribution in [0.3, 0.4) is 0 Å². The van der Waals surface area contributed by atoms with Crippen molar-refractivity contribution < 1.29 is 4.79 Å². The van der Waals surface area contributed by atoms with Crippen molar-refractivity contribution in [2.45, 2.75) is 33.2 Å². The molecule has 0 atom stereocenters. The van der Waals surface area contributed by atoms with E-state index in [0.29, 0.717) is 0 Å². The largest absolute Gasteiger partial charge is 0.346 e. The van der Waals surface area contributed by atoms with Crippen molar-refractivity contribution in [2.24, 2.45) is 4.99 Å². The van der Waals surface area contributed by atoms with Gasteiger partial charge in [-0.15, -0.1) is 0 Å². The lowest BCUT2D eigenvalue weighted by atomic mass is 9.91. The van der Waals surface area contributed by atoms with Gasteiger partial charge in [0.25, 0.3) is 5.91 Å². The van der Waals surface area contributed by atoms with Crippen LogP contribution in [0.4, 0.5) is 0 Å². The van der Waals surface area contributed by atoms with E-state index in [1.807, 2.05) is 58.3 Å². The number of rotatable bonds is 4. The zero-order valence-corrected chi connectivity index (χ0v) is 17.1. The SMILES string of the molecule is C=N/C=C(\C(C)=C/C)c1cnc2[nH]cc(-c3ccc4c(c3)C(C)(C)NC4=O)c2c1. The molecular formula is C24H24N4O. The van der Waals surface area contributed by atoms with E-state index < -0.39 is 0 Å². The molecule has 0 aliphatic carbocycles. The summed E-state index contributed by atoms with van der Waals surface area (Å²) < 4.78 is 0. The van der Waals surface area contributed by atoms with Gasteiger partial charge in [-0.3, -0.25) is 9.79 Å². The Kier molecular flexibility index (Phi) is 4.46. The predicted molar refractivity (Wildman–Crippen MR) is 119 cm³/mol. The number of aromatic amines is 1. The fraction of sp³-hybridized carbons (Fsp3) is 0.208. The minimum Gasteiger partial charge on any atom is -0.346 e. The predicted octanol–water partition coefficient (Wildman–Crippen LogP) is 5.22. The number of allylic oxidation sites excluding steroid dienone is 3. The summed E-state index contributed by atoms with van der Waals surface area (Å²) in [4.78, 5) is 24.0. The van der Waals surface area contributed by atoms with Crippen molar-refractivity contribution in [3.63, 3.8) is 0 Å². The Labute approximate surface area is 170 Å². The van der Waals surface area contributed by atoms with Gasteiger partial charge in [-0.2, -0.15) is 0 Å². The number of benzene rings is 1. The summed E-state index contributed by atoms with van der Waals surface area (Å²) in [7, 11) is 0. The second-order valence-electron chi connectivity index (χ2n) is 7.86. The molecule has 5 heteroatoms. The van der Waals surface area contributed by atoms with Gasteiger partial charge < -0.3 is 10.3 Å². The number of aromatic nitrogens is 2. The van der Waals surface area contributed by atoms with Gasteiger partial charge in [-0.1, -0.05) is 12.1 Å². The van der Waals surface area contributed by atoms with Crippen LogP contribution >= 0.6 is 0 Å². The number of nitrogens with one attached hydrogen (secondary N) is 2. The van der Waals surface area contributed by atoms with Crippen LogP contribution in [0.2, 0.25) is 0 Å². The van der Waals surface area contributed by atoms with Crippen LogP contribution in [-0.2, 0) is 5.54 Å². The molecule has 0 spiro atoms. The smallest absolute Gasteiger partial charge is 0.252 e. The normalized spacial score (nSPS) is 16.1. The monoisotopic (exact) mass is 384 g/mol. The Morgan fingerprint density at radius 3 is 2.76 bits per heavy atom. The van der Waals surface area contributed by atoms with Gasteiger partial charge in [-0.25, -0.2) is 4.98 Å². The molecule has 0 radical (unpaired) electrons. The number of nitrogens with zero attached hydrogens (tertiary/aromatic N) is 2. The number of fused-ring (bicyclic) bond motifs is 2. The van der Waals surface area contributed by atoms with Gasteiger partial charge in [0.1, 0.15) is 5.65 Å². The quantitative estimate of drug-likeness (QED) is 0.478. The van der Waals surface area contributed by atoms with Crippen LogP contribution in [0.5, 0.6) is 0 Å². The second-order valence-corrected chi connectivity index (χ2v) is 7.86. The Morgan fingerprint density at radius 2 is 2.03 bits per heavy atom. The summed E-state index contributed by atoms with van der Waals surface area (Å²) in [6.07, 6.45) is 7.63. The molecule has 1 aromatic carbocycles. The van der Waals surface area contributed by atoms with E-state index >= 15 is 0 Å². The molecule has 1 amide bonds. The minimum absolute atomic E-state index is 0.0204. The van der Waals surface area contributed by atoms with Gasteiger partial charge in [0, 0.05) is 46.2 Å². The Morgan fingerprint density at radius 1 is 1.24 bits per heavy atom. The second kappa shape index (κ2) is 6.85. The van der Waals surface area contributed by atoms with Crippen molar-refractivity contribution in [1.82, 2.24) is 15.3 Å². The highest BCUT2D eigenvalue weighted by Gasteiger charge is 2.35. The standard InChI is InChI=1S/C24H24N4O/c1-6-14(2)19(12-25-5)16-9-18-20(13-27-22(18)26-11-16)15-7-8-17-21(10-15)24(3,4)28-23(17)29/h6-13H,5H2,1-4H3,(H,26,27)(H,28,29)/b14-6-,19-12+. The summed E-state index contributed by atoms with van der Waals surface area (Å²) in [6, 6.07) is 8.12. The Hall–Kier alpha value is -3.47. The number of pyridine rings is 1. The van der Waals surface area contributed by atoms with E-state index in [0.717, 1.165) is 50.0 Å². The molecule has 3 aromatic rings. The van der Waals surface area contributed by atoms with Crippen LogP contribution in [-0.4, -0.2) is 22.6 Å². The molecule has 29 heavy (non-hydrogen) atoms. The highest BCUT2D eigenvalue weighted by molar-refractivity contribution is 6.02. The lowest BCUT2D eigenvalue weighted by Gasteiger charge is -2.19. The van der Waals surface area contributed by atoms with E-state index in [1.165, 1.54) is 0 Å². The number of hydrogen-bond acceptors (Lipinski definition) is 3. The van der Waals surface area contributed by atoms with E-state index in [9.17, 15) is 4.79 Å². The average Bonchev–Trinajstić information content (AvgIpc) is 3.23. The molecule has 0 unspecified atom stereocenters. The van der Waals surface area contributed by atoms with Crippen LogP contribution in [0.25, 0.3) is 27.7 Å². The van der Waals surface area contributed by atoms with Crippen molar-refractivity contribution in [3.8, 4) is 11.1 Å². The molecule has 5 nitrogen and oxygen atoms in total. The molecule has 1 aliphatic rings. The Balaban J connectivity index is 1.88. The van der Waals surface area contributed by atoms with Crippen LogP contribution in [0.1, 0.15) is 49.2 Å². The summed E-state index contributed by atoms with van der Waals surface area (Å²) >= 11 is 0. The maximum Gasteiger partial charge on any atom is 0.252 e. The van der Waals surface area contributed by atoms with Gasteiger partial charge in [0.2, 0.25) is 0 Å². The molecule has 0 saturated heterocycles. The summed E-state index contributed by atoms with van der Waals surface area (Å²) in [6.45, 7) is 11.7. The molecule has 2 N–H and O–H groups in total. The minimum atomic E-state index is -0.382. The highest BCUT2D eigenvalue weighted by Crippen LogP contribution is 2.36.